The molecule has 0 aliphatic rings. The summed E-state index contributed by atoms with van der Waals surface area (Å²) >= 11 is 1.59. The van der Waals surface area contributed by atoms with Crippen LogP contribution in [0.15, 0.2) is 36.0 Å². The summed E-state index contributed by atoms with van der Waals surface area (Å²) in [4.78, 5) is 32.0. The zero-order valence-electron chi connectivity index (χ0n) is 15.7. The number of nitrogens with one attached hydrogen (secondary N) is 1. The molecule has 8 heteroatoms. The van der Waals surface area contributed by atoms with Crippen LogP contribution in [0.4, 0.5) is 0 Å². The van der Waals surface area contributed by atoms with Gasteiger partial charge in [-0.2, -0.15) is 5.10 Å². The summed E-state index contributed by atoms with van der Waals surface area (Å²) < 4.78 is 1.82. The molecule has 0 atom stereocenters. The quantitative estimate of drug-likeness (QED) is 0.678. The maximum atomic E-state index is 12.8. The van der Waals surface area contributed by atoms with Gasteiger partial charge >= 0.3 is 0 Å². The van der Waals surface area contributed by atoms with Crippen LogP contribution >= 0.6 is 11.3 Å². The van der Waals surface area contributed by atoms with Gasteiger partial charge in [0, 0.05) is 29.0 Å². The van der Waals surface area contributed by atoms with Gasteiger partial charge in [-0.1, -0.05) is 6.07 Å². The van der Waals surface area contributed by atoms with Gasteiger partial charge in [0.2, 0.25) is 5.91 Å². The molecule has 1 N–H and O–H groups in total. The number of fused-ring (bicyclic) bond motifs is 1. The molecule has 0 aromatic carbocycles. The molecule has 142 valence electrons. The average Bonchev–Trinajstić information content (AvgIpc) is 3.32. The van der Waals surface area contributed by atoms with Crippen molar-refractivity contribution in [3.8, 4) is 0 Å². The first-order valence-electron chi connectivity index (χ1n) is 8.91. The van der Waals surface area contributed by atoms with Crippen LogP contribution in [0.25, 0.3) is 11.0 Å². The van der Waals surface area contributed by atoms with E-state index in [1.54, 1.807) is 29.8 Å². The molecular formula is C19H23N5O2S. The third-order valence-corrected chi connectivity index (χ3v) is 5.09. The maximum Gasteiger partial charge on any atom is 0.255 e. The van der Waals surface area contributed by atoms with Crippen LogP contribution in [0.3, 0.4) is 0 Å². The van der Waals surface area contributed by atoms with E-state index in [1.165, 1.54) is 4.90 Å². The first kappa shape index (κ1) is 19.0. The lowest BCUT2D eigenvalue weighted by Gasteiger charge is -2.20. The second-order valence-corrected chi connectivity index (χ2v) is 7.53. The Hall–Kier alpha value is -2.74. The number of rotatable bonds is 7. The standard InChI is InChI=1S/C19H23N5O2S/c1-4-23(12-17(25)20-11-16-6-5-7-27-16)19(26)15-8-14-10-22-24(13(2)3)18(14)21-9-15/h5-10,13H,4,11-12H2,1-3H3,(H,20,25). The fourth-order valence-electron chi connectivity index (χ4n) is 2.77. The molecule has 3 aromatic rings. The number of aromatic nitrogens is 3. The maximum absolute atomic E-state index is 12.8. The summed E-state index contributed by atoms with van der Waals surface area (Å²) in [7, 11) is 0. The van der Waals surface area contributed by atoms with Gasteiger partial charge in [-0.05, 0) is 38.3 Å². The van der Waals surface area contributed by atoms with Crippen molar-refractivity contribution >= 4 is 34.2 Å². The topological polar surface area (TPSA) is 80.1 Å². The molecule has 27 heavy (non-hydrogen) atoms. The van der Waals surface area contributed by atoms with E-state index in [0.29, 0.717) is 18.7 Å². The highest BCUT2D eigenvalue weighted by Gasteiger charge is 2.19. The normalized spacial score (nSPS) is 11.1. The highest BCUT2D eigenvalue weighted by Crippen LogP contribution is 2.17. The number of amides is 2. The SMILES string of the molecule is CCN(CC(=O)NCc1cccs1)C(=O)c1cnc2c(cnn2C(C)C)c1. The summed E-state index contributed by atoms with van der Waals surface area (Å²) in [5.74, 6) is -0.393. The van der Waals surface area contributed by atoms with Crippen molar-refractivity contribution in [1.82, 2.24) is 25.0 Å². The fourth-order valence-corrected chi connectivity index (χ4v) is 3.42. The van der Waals surface area contributed by atoms with Gasteiger partial charge in [0.15, 0.2) is 5.65 Å². The first-order valence-corrected chi connectivity index (χ1v) is 9.79. The lowest BCUT2D eigenvalue weighted by Crippen LogP contribution is -2.40. The average molecular weight is 385 g/mol. The fraction of sp³-hybridized carbons (Fsp3) is 0.368. The smallest absolute Gasteiger partial charge is 0.255 e. The predicted molar refractivity (Wildman–Crippen MR) is 106 cm³/mol. The van der Waals surface area contributed by atoms with Crippen molar-refractivity contribution in [3.05, 3.63) is 46.4 Å². The van der Waals surface area contributed by atoms with Crippen LogP contribution in [0, 0.1) is 0 Å². The molecule has 0 bridgehead atoms. The molecule has 3 rings (SSSR count). The van der Waals surface area contributed by atoms with E-state index < -0.39 is 0 Å². The highest BCUT2D eigenvalue weighted by molar-refractivity contribution is 7.09. The zero-order chi connectivity index (χ0) is 19.4. The molecule has 0 aliphatic carbocycles. The Morgan fingerprint density at radius 2 is 2.15 bits per heavy atom. The molecule has 0 saturated carbocycles. The van der Waals surface area contributed by atoms with E-state index >= 15 is 0 Å². The monoisotopic (exact) mass is 385 g/mol. The van der Waals surface area contributed by atoms with E-state index in [0.717, 1.165) is 15.9 Å². The predicted octanol–water partition coefficient (Wildman–Crippen LogP) is 2.85. The van der Waals surface area contributed by atoms with E-state index in [2.05, 4.69) is 15.4 Å². The van der Waals surface area contributed by atoms with Gasteiger partial charge in [-0.3, -0.25) is 9.59 Å². The summed E-state index contributed by atoms with van der Waals surface area (Å²) in [5, 5.41) is 9.95. The lowest BCUT2D eigenvalue weighted by molar-refractivity contribution is -0.121. The minimum Gasteiger partial charge on any atom is -0.350 e. The van der Waals surface area contributed by atoms with Crippen LogP contribution < -0.4 is 5.32 Å². The second kappa shape index (κ2) is 8.30. The number of nitrogens with zero attached hydrogens (tertiary/aromatic N) is 4. The summed E-state index contributed by atoms with van der Waals surface area (Å²) in [5.41, 5.74) is 1.21. The highest BCUT2D eigenvalue weighted by atomic mass is 32.1. The summed E-state index contributed by atoms with van der Waals surface area (Å²) in [6.07, 6.45) is 3.26. The number of thiophene rings is 1. The molecule has 2 amide bonds. The molecule has 0 aliphatic heterocycles. The third-order valence-electron chi connectivity index (χ3n) is 4.21. The van der Waals surface area contributed by atoms with Crippen LogP contribution in [0.5, 0.6) is 0 Å². The van der Waals surface area contributed by atoms with Crippen LogP contribution in [0.2, 0.25) is 0 Å². The molecule has 0 fully saturated rings. The van der Waals surface area contributed by atoms with Crippen LogP contribution in [-0.2, 0) is 11.3 Å². The first-order chi connectivity index (χ1) is 13.0. The largest absolute Gasteiger partial charge is 0.350 e. The van der Waals surface area contributed by atoms with Crippen molar-refractivity contribution < 1.29 is 9.59 Å². The Bertz CT molecular complexity index is 933. The van der Waals surface area contributed by atoms with E-state index in [4.69, 9.17) is 0 Å². The van der Waals surface area contributed by atoms with E-state index in [1.807, 2.05) is 43.0 Å². The van der Waals surface area contributed by atoms with Crippen LogP contribution in [-0.4, -0.2) is 44.6 Å². The number of pyridine rings is 1. The summed E-state index contributed by atoms with van der Waals surface area (Å²) in [6, 6.07) is 5.88. The minimum absolute atomic E-state index is 0.0179. The Labute approximate surface area is 162 Å². The van der Waals surface area contributed by atoms with Crippen molar-refractivity contribution in [2.45, 2.75) is 33.4 Å². The van der Waals surface area contributed by atoms with Crippen molar-refractivity contribution in [1.29, 1.82) is 0 Å². The molecular weight excluding hydrogens is 362 g/mol. The van der Waals surface area contributed by atoms with Crippen molar-refractivity contribution in [2.75, 3.05) is 13.1 Å². The van der Waals surface area contributed by atoms with Gasteiger partial charge in [0.1, 0.15) is 0 Å². The van der Waals surface area contributed by atoms with Crippen LogP contribution in [0.1, 0.15) is 42.0 Å². The number of likely N-dealkylation sites (N-methyl/N-ethyl adjacent to an activating group) is 1. The lowest BCUT2D eigenvalue weighted by atomic mass is 10.2. The Kier molecular flexibility index (Phi) is 5.85. The molecule has 3 heterocycles. The summed E-state index contributed by atoms with van der Waals surface area (Å²) in [6.45, 7) is 6.84. The molecule has 0 unspecified atom stereocenters. The minimum atomic E-state index is -0.213. The van der Waals surface area contributed by atoms with E-state index in [9.17, 15) is 9.59 Å². The van der Waals surface area contributed by atoms with Gasteiger partial charge < -0.3 is 10.2 Å². The van der Waals surface area contributed by atoms with Gasteiger partial charge in [0.05, 0.1) is 24.8 Å². The number of hydrogen-bond donors (Lipinski definition) is 1. The van der Waals surface area contributed by atoms with Gasteiger partial charge in [-0.25, -0.2) is 9.67 Å². The number of carbonyl (C=O) groups excluding carboxylic acids is 2. The Morgan fingerprint density at radius 1 is 1.33 bits per heavy atom. The number of hydrogen-bond acceptors (Lipinski definition) is 5. The molecule has 0 radical (unpaired) electrons. The van der Waals surface area contributed by atoms with Gasteiger partial charge in [0.25, 0.3) is 5.91 Å². The van der Waals surface area contributed by atoms with Gasteiger partial charge in [-0.15, -0.1) is 11.3 Å². The Morgan fingerprint density at radius 3 is 2.81 bits per heavy atom. The zero-order valence-corrected chi connectivity index (χ0v) is 16.5. The molecule has 7 nitrogen and oxygen atoms in total. The molecule has 0 spiro atoms. The van der Waals surface area contributed by atoms with Crippen molar-refractivity contribution in [2.24, 2.45) is 0 Å². The Balaban J connectivity index is 1.68. The van der Waals surface area contributed by atoms with E-state index in [-0.39, 0.29) is 24.4 Å². The van der Waals surface area contributed by atoms with Crippen molar-refractivity contribution in [3.63, 3.8) is 0 Å². The third kappa shape index (κ3) is 4.33. The second-order valence-electron chi connectivity index (χ2n) is 6.50. The molecule has 3 aromatic heterocycles. The number of carbonyl (C=O) groups is 2. The molecule has 0 saturated heterocycles.